The van der Waals surface area contributed by atoms with Crippen LogP contribution in [0.1, 0.15) is 57.2 Å². The average molecular weight is 305 g/mol. The Bertz CT molecular complexity index is 546. The van der Waals surface area contributed by atoms with Gasteiger partial charge in [0.15, 0.2) is 0 Å². The second kappa shape index (κ2) is 9.44. The standard InChI is InChI=1S/C18H31N3O/c1-6-8-9-10-11-15(7-2)12-13-16-14(3)20-18(19-4)21(5)17(16)22/h8-9,15H,6-7,10-13H2,1-5H3,(H,19,20). The van der Waals surface area contributed by atoms with Crippen LogP contribution in [0.5, 0.6) is 0 Å². The highest BCUT2D eigenvalue weighted by molar-refractivity contribution is 5.30. The lowest BCUT2D eigenvalue weighted by Gasteiger charge is -2.15. The van der Waals surface area contributed by atoms with E-state index in [0.717, 1.165) is 36.9 Å². The number of aryl methyl sites for hydroxylation is 1. The van der Waals surface area contributed by atoms with Crippen LogP contribution in [0.15, 0.2) is 16.9 Å². The van der Waals surface area contributed by atoms with Crippen LogP contribution in [0.25, 0.3) is 0 Å². The second-order valence-corrected chi connectivity index (χ2v) is 5.88. The summed E-state index contributed by atoms with van der Waals surface area (Å²) in [5, 5.41) is 2.96. The highest BCUT2D eigenvalue weighted by Crippen LogP contribution is 2.19. The molecule has 4 nitrogen and oxygen atoms in total. The van der Waals surface area contributed by atoms with E-state index in [0.29, 0.717) is 11.9 Å². The van der Waals surface area contributed by atoms with Gasteiger partial charge >= 0.3 is 0 Å². The summed E-state index contributed by atoms with van der Waals surface area (Å²) < 4.78 is 1.60. The Labute approximate surface area is 134 Å². The summed E-state index contributed by atoms with van der Waals surface area (Å²) in [6.07, 6.45) is 11.0. The van der Waals surface area contributed by atoms with E-state index in [4.69, 9.17) is 0 Å². The number of rotatable bonds is 9. The van der Waals surface area contributed by atoms with Crippen LogP contribution in [0.3, 0.4) is 0 Å². The van der Waals surface area contributed by atoms with Crippen molar-refractivity contribution in [1.29, 1.82) is 0 Å². The third kappa shape index (κ3) is 5.00. The minimum Gasteiger partial charge on any atom is -0.359 e. The van der Waals surface area contributed by atoms with Crippen molar-refractivity contribution in [3.05, 3.63) is 33.8 Å². The first-order valence-corrected chi connectivity index (χ1v) is 8.44. The lowest BCUT2D eigenvalue weighted by Crippen LogP contribution is -2.26. The number of nitrogens with one attached hydrogen (secondary N) is 1. The molecule has 22 heavy (non-hydrogen) atoms. The molecule has 0 bridgehead atoms. The normalized spacial score (nSPS) is 12.8. The van der Waals surface area contributed by atoms with Gasteiger partial charge in [0, 0.05) is 25.4 Å². The lowest BCUT2D eigenvalue weighted by molar-refractivity contribution is 0.439. The maximum Gasteiger partial charge on any atom is 0.258 e. The van der Waals surface area contributed by atoms with Crippen molar-refractivity contribution >= 4 is 5.95 Å². The van der Waals surface area contributed by atoms with E-state index in [1.165, 1.54) is 12.8 Å². The summed E-state index contributed by atoms with van der Waals surface area (Å²) in [6, 6.07) is 0. The van der Waals surface area contributed by atoms with Crippen LogP contribution in [-0.2, 0) is 13.5 Å². The number of hydrogen-bond acceptors (Lipinski definition) is 3. The molecule has 0 saturated heterocycles. The van der Waals surface area contributed by atoms with Gasteiger partial charge in [-0.05, 0) is 44.9 Å². The maximum absolute atomic E-state index is 12.4. The van der Waals surface area contributed by atoms with Gasteiger partial charge in [-0.3, -0.25) is 9.36 Å². The fourth-order valence-electron chi connectivity index (χ4n) is 2.78. The summed E-state index contributed by atoms with van der Waals surface area (Å²) >= 11 is 0. The zero-order valence-electron chi connectivity index (χ0n) is 14.8. The molecule has 0 aliphatic heterocycles. The van der Waals surface area contributed by atoms with Gasteiger partial charge in [0.25, 0.3) is 5.56 Å². The van der Waals surface area contributed by atoms with Gasteiger partial charge in [0.1, 0.15) is 0 Å². The molecule has 0 spiro atoms. The van der Waals surface area contributed by atoms with Crippen molar-refractivity contribution in [2.24, 2.45) is 13.0 Å². The minimum atomic E-state index is 0.0811. The Morgan fingerprint density at radius 1 is 1.27 bits per heavy atom. The summed E-state index contributed by atoms with van der Waals surface area (Å²) in [6.45, 7) is 6.33. The average Bonchev–Trinajstić information content (AvgIpc) is 2.52. The van der Waals surface area contributed by atoms with E-state index in [1.54, 1.807) is 18.7 Å². The van der Waals surface area contributed by atoms with E-state index in [9.17, 15) is 4.79 Å². The van der Waals surface area contributed by atoms with E-state index < -0.39 is 0 Å². The fraction of sp³-hybridized carbons (Fsp3) is 0.667. The highest BCUT2D eigenvalue weighted by atomic mass is 16.1. The van der Waals surface area contributed by atoms with Crippen LogP contribution in [0.4, 0.5) is 5.95 Å². The molecule has 1 aromatic heterocycles. The minimum absolute atomic E-state index is 0.0811. The molecule has 0 aliphatic carbocycles. The van der Waals surface area contributed by atoms with Crippen molar-refractivity contribution in [3.63, 3.8) is 0 Å². The zero-order valence-corrected chi connectivity index (χ0v) is 14.8. The number of aromatic nitrogens is 2. The maximum atomic E-state index is 12.4. The molecule has 0 fully saturated rings. The van der Waals surface area contributed by atoms with E-state index in [2.05, 4.69) is 36.3 Å². The third-order valence-corrected chi connectivity index (χ3v) is 4.34. The Morgan fingerprint density at radius 2 is 2.00 bits per heavy atom. The van der Waals surface area contributed by atoms with Gasteiger partial charge in [-0.2, -0.15) is 0 Å². The molecule has 4 heteroatoms. The molecule has 1 heterocycles. The third-order valence-electron chi connectivity index (χ3n) is 4.34. The van der Waals surface area contributed by atoms with Gasteiger partial charge in [0.05, 0.1) is 0 Å². The smallest absolute Gasteiger partial charge is 0.258 e. The van der Waals surface area contributed by atoms with Crippen LogP contribution < -0.4 is 10.9 Å². The molecule has 1 rings (SSSR count). The predicted octanol–water partition coefficient (Wildman–Crippen LogP) is 3.84. The SMILES string of the molecule is CCC=CCCC(CC)CCc1c(C)nc(NC)n(C)c1=O. The van der Waals surface area contributed by atoms with Crippen LogP contribution in [0.2, 0.25) is 0 Å². The molecule has 0 radical (unpaired) electrons. The first-order valence-electron chi connectivity index (χ1n) is 8.44. The van der Waals surface area contributed by atoms with E-state index >= 15 is 0 Å². The molecular formula is C18H31N3O. The summed E-state index contributed by atoms with van der Waals surface area (Å²) in [4.78, 5) is 16.9. The molecule has 1 N–H and O–H groups in total. The van der Waals surface area contributed by atoms with Gasteiger partial charge in [0.2, 0.25) is 5.95 Å². The van der Waals surface area contributed by atoms with Crippen LogP contribution in [-0.4, -0.2) is 16.6 Å². The molecule has 0 aromatic carbocycles. The van der Waals surface area contributed by atoms with E-state index in [1.807, 2.05) is 6.92 Å². The van der Waals surface area contributed by atoms with E-state index in [-0.39, 0.29) is 5.56 Å². The quantitative estimate of drug-likeness (QED) is 0.705. The van der Waals surface area contributed by atoms with Gasteiger partial charge < -0.3 is 5.32 Å². The number of allylic oxidation sites excluding steroid dienone is 2. The topological polar surface area (TPSA) is 46.9 Å². The molecule has 1 aromatic rings. The largest absolute Gasteiger partial charge is 0.359 e. The Kier molecular flexibility index (Phi) is 7.92. The lowest BCUT2D eigenvalue weighted by atomic mass is 9.92. The monoisotopic (exact) mass is 305 g/mol. The Hall–Kier alpha value is -1.58. The fourth-order valence-corrected chi connectivity index (χ4v) is 2.78. The molecule has 1 atom stereocenters. The molecule has 0 aliphatic rings. The molecular weight excluding hydrogens is 274 g/mol. The summed E-state index contributed by atoms with van der Waals surface area (Å²) in [7, 11) is 3.56. The molecule has 1 unspecified atom stereocenters. The number of anilines is 1. The second-order valence-electron chi connectivity index (χ2n) is 5.88. The van der Waals surface area contributed by atoms with Crippen molar-refractivity contribution in [2.75, 3.05) is 12.4 Å². The first-order chi connectivity index (χ1) is 10.5. The first kappa shape index (κ1) is 18.5. The van der Waals surface area contributed by atoms with Crippen molar-refractivity contribution in [2.45, 2.75) is 59.3 Å². The van der Waals surface area contributed by atoms with Crippen molar-refractivity contribution < 1.29 is 0 Å². The Morgan fingerprint density at radius 3 is 2.59 bits per heavy atom. The zero-order chi connectivity index (χ0) is 16.5. The molecule has 0 saturated carbocycles. The number of nitrogens with zero attached hydrogens (tertiary/aromatic N) is 2. The van der Waals surface area contributed by atoms with Gasteiger partial charge in [-0.15, -0.1) is 0 Å². The van der Waals surface area contributed by atoms with Gasteiger partial charge in [-0.25, -0.2) is 4.98 Å². The van der Waals surface area contributed by atoms with Crippen LogP contribution >= 0.6 is 0 Å². The van der Waals surface area contributed by atoms with Crippen molar-refractivity contribution in [1.82, 2.24) is 9.55 Å². The summed E-state index contributed by atoms with van der Waals surface area (Å²) in [5.41, 5.74) is 1.80. The Balaban J connectivity index is 2.72. The summed E-state index contributed by atoms with van der Waals surface area (Å²) in [5.74, 6) is 1.30. The molecule has 0 amide bonds. The van der Waals surface area contributed by atoms with Gasteiger partial charge in [-0.1, -0.05) is 32.4 Å². The predicted molar refractivity (Wildman–Crippen MR) is 94.5 cm³/mol. The van der Waals surface area contributed by atoms with Crippen molar-refractivity contribution in [3.8, 4) is 0 Å². The number of hydrogen-bond donors (Lipinski definition) is 1. The highest BCUT2D eigenvalue weighted by Gasteiger charge is 2.13. The molecule has 124 valence electrons. The van der Waals surface area contributed by atoms with Crippen LogP contribution in [0, 0.1) is 12.8 Å².